The molecule has 0 aliphatic heterocycles. The summed E-state index contributed by atoms with van der Waals surface area (Å²) in [7, 11) is 1.50. The molecule has 2 N–H and O–H groups in total. The number of nitrogens with one attached hydrogen (secondary N) is 2. The first-order valence-corrected chi connectivity index (χ1v) is 9.99. The lowest BCUT2D eigenvalue weighted by atomic mass is 10.2. The Bertz CT molecular complexity index is 1090. The molecule has 0 atom stereocenters. The number of methoxy groups -OCH3 is 1. The molecular weight excluding hydrogens is 418 g/mol. The molecule has 0 unspecified atom stereocenters. The highest BCUT2D eigenvalue weighted by molar-refractivity contribution is 6.31. The zero-order valence-electron chi connectivity index (χ0n) is 17.8. The summed E-state index contributed by atoms with van der Waals surface area (Å²) in [6.45, 7) is 5.47. The van der Waals surface area contributed by atoms with Crippen LogP contribution in [0.3, 0.4) is 0 Å². The van der Waals surface area contributed by atoms with Gasteiger partial charge in [0.05, 0.1) is 12.8 Å². The van der Waals surface area contributed by atoms with E-state index in [4.69, 9.17) is 21.1 Å². The average Bonchev–Trinajstić information content (AvgIpc) is 3.07. The van der Waals surface area contributed by atoms with Gasteiger partial charge in [-0.05, 0) is 68.8 Å². The van der Waals surface area contributed by atoms with Crippen molar-refractivity contribution >= 4 is 29.1 Å². The van der Waals surface area contributed by atoms with Crippen LogP contribution in [-0.4, -0.2) is 30.2 Å². The normalized spacial score (nSPS) is 10.5. The van der Waals surface area contributed by atoms with Crippen molar-refractivity contribution in [2.45, 2.75) is 20.8 Å². The standard InChI is InChI=1S/C23H24ClN3O4/c1-14-11-20(21(30-4)12-19(14)24)25-22(28)13-31-18-9-7-17(8-10-18)23(29)26-27-15(2)5-6-16(27)3/h5-12H,13H2,1-4H3,(H,25,28)(H,26,29). The van der Waals surface area contributed by atoms with Crippen molar-refractivity contribution in [2.75, 3.05) is 24.5 Å². The van der Waals surface area contributed by atoms with Gasteiger partial charge in [-0.1, -0.05) is 11.6 Å². The maximum atomic E-state index is 12.5. The molecule has 7 nitrogen and oxygen atoms in total. The van der Waals surface area contributed by atoms with Gasteiger partial charge in [0, 0.05) is 28.0 Å². The molecule has 3 aromatic rings. The summed E-state index contributed by atoms with van der Waals surface area (Å²) in [5, 5.41) is 3.30. The van der Waals surface area contributed by atoms with Crippen LogP contribution < -0.4 is 20.2 Å². The molecule has 31 heavy (non-hydrogen) atoms. The van der Waals surface area contributed by atoms with Crippen molar-refractivity contribution in [2.24, 2.45) is 0 Å². The highest BCUT2D eigenvalue weighted by atomic mass is 35.5. The first kappa shape index (κ1) is 22.2. The molecule has 2 aromatic carbocycles. The maximum absolute atomic E-state index is 12.5. The molecule has 0 fully saturated rings. The summed E-state index contributed by atoms with van der Waals surface area (Å²) < 4.78 is 12.5. The van der Waals surface area contributed by atoms with Gasteiger partial charge in [-0.2, -0.15) is 0 Å². The predicted molar refractivity (Wildman–Crippen MR) is 121 cm³/mol. The Kier molecular flexibility index (Phi) is 6.87. The zero-order valence-corrected chi connectivity index (χ0v) is 18.5. The highest BCUT2D eigenvalue weighted by Gasteiger charge is 2.12. The van der Waals surface area contributed by atoms with Crippen LogP contribution in [0.1, 0.15) is 27.3 Å². The first-order chi connectivity index (χ1) is 14.8. The lowest BCUT2D eigenvalue weighted by Crippen LogP contribution is -2.24. The summed E-state index contributed by atoms with van der Waals surface area (Å²) in [5.41, 5.74) is 6.52. The minimum atomic E-state index is -0.347. The van der Waals surface area contributed by atoms with E-state index in [1.54, 1.807) is 41.1 Å². The molecule has 0 saturated carbocycles. The lowest BCUT2D eigenvalue weighted by Gasteiger charge is -2.13. The van der Waals surface area contributed by atoms with Crippen LogP contribution in [-0.2, 0) is 4.79 Å². The Balaban J connectivity index is 1.57. The van der Waals surface area contributed by atoms with Gasteiger partial charge in [-0.3, -0.25) is 19.7 Å². The largest absolute Gasteiger partial charge is 0.495 e. The highest BCUT2D eigenvalue weighted by Crippen LogP contribution is 2.30. The van der Waals surface area contributed by atoms with Crippen LogP contribution >= 0.6 is 11.6 Å². The van der Waals surface area contributed by atoms with Crippen LogP contribution in [0.15, 0.2) is 48.5 Å². The van der Waals surface area contributed by atoms with Gasteiger partial charge in [0.25, 0.3) is 11.8 Å². The fraction of sp³-hybridized carbons (Fsp3) is 0.217. The second-order valence-electron chi connectivity index (χ2n) is 7.06. The third kappa shape index (κ3) is 5.38. The topological polar surface area (TPSA) is 81.6 Å². The van der Waals surface area contributed by atoms with Crippen LogP contribution in [0.4, 0.5) is 5.69 Å². The lowest BCUT2D eigenvalue weighted by molar-refractivity contribution is -0.118. The van der Waals surface area contributed by atoms with Gasteiger partial charge < -0.3 is 14.8 Å². The summed E-state index contributed by atoms with van der Waals surface area (Å²) in [4.78, 5) is 24.7. The number of carbonyl (C=O) groups is 2. The summed E-state index contributed by atoms with van der Waals surface area (Å²) in [6.07, 6.45) is 0. The molecule has 0 aliphatic carbocycles. The Hall–Kier alpha value is -3.45. The number of aromatic nitrogens is 1. The molecule has 3 rings (SSSR count). The number of nitrogens with zero attached hydrogens (tertiary/aromatic N) is 1. The molecule has 162 valence electrons. The smallest absolute Gasteiger partial charge is 0.270 e. The molecule has 0 saturated heterocycles. The van der Waals surface area contributed by atoms with Crippen molar-refractivity contribution in [1.82, 2.24) is 4.68 Å². The summed E-state index contributed by atoms with van der Waals surface area (Å²) >= 11 is 6.08. The second-order valence-corrected chi connectivity index (χ2v) is 7.46. The fourth-order valence-electron chi connectivity index (χ4n) is 2.98. The van der Waals surface area contributed by atoms with E-state index in [-0.39, 0.29) is 18.4 Å². The van der Waals surface area contributed by atoms with Gasteiger partial charge in [-0.15, -0.1) is 0 Å². The van der Waals surface area contributed by atoms with Crippen molar-refractivity contribution in [3.63, 3.8) is 0 Å². The minimum absolute atomic E-state index is 0.196. The number of amides is 2. The van der Waals surface area contributed by atoms with Crippen LogP contribution in [0.2, 0.25) is 5.02 Å². The number of anilines is 1. The van der Waals surface area contributed by atoms with Gasteiger partial charge in [0.15, 0.2) is 6.61 Å². The van der Waals surface area contributed by atoms with Crippen LogP contribution in [0, 0.1) is 20.8 Å². The van der Waals surface area contributed by atoms with Gasteiger partial charge >= 0.3 is 0 Å². The van der Waals surface area contributed by atoms with Gasteiger partial charge in [-0.25, -0.2) is 0 Å². The van der Waals surface area contributed by atoms with E-state index in [1.807, 2.05) is 32.9 Å². The molecule has 1 aromatic heterocycles. The Morgan fingerprint density at radius 1 is 1.00 bits per heavy atom. The van der Waals surface area contributed by atoms with E-state index in [1.165, 1.54) is 7.11 Å². The summed E-state index contributed by atoms with van der Waals surface area (Å²) in [6, 6.07) is 13.8. The number of halogens is 1. The minimum Gasteiger partial charge on any atom is -0.495 e. The average molecular weight is 442 g/mol. The predicted octanol–water partition coefficient (Wildman–Crippen LogP) is 4.48. The Labute approximate surface area is 185 Å². The SMILES string of the molecule is COc1cc(Cl)c(C)cc1NC(=O)COc1ccc(C(=O)Nn2c(C)ccc2C)cc1. The number of rotatable bonds is 7. The second kappa shape index (κ2) is 9.57. The van der Waals surface area contributed by atoms with E-state index in [0.29, 0.717) is 27.8 Å². The number of carbonyl (C=O) groups excluding carboxylic acids is 2. The van der Waals surface area contributed by atoms with E-state index in [0.717, 1.165) is 17.0 Å². The van der Waals surface area contributed by atoms with Crippen LogP contribution in [0.25, 0.3) is 0 Å². The third-order valence-electron chi connectivity index (χ3n) is 4.73. The van der Waals surface area contributed by atoms with Gasteiger partial charge in [0.1, 0.15) is 11.5 Å². The van der Waals surface area contributed by atoms with Crippen molar-refractivity contribution < 1.29 is 19.1 Å². The number of aryl methyl sites for hydroxylation is 3. The maximum Gasteiger partial charge on any atom is 0.270 e. The van der Waals surface area contributed by atoms with E-state index in [9.17, 15) is 9.59 Å². The van der Waals surface area contributed by atoms with Crippen LogP contribution in [0.5, 0.6) is 11.5 Å². The monoisotopic (exact) mass is 441 g/mol. The molecule has 0 spiro atoms. The summed E-state index contributed by atoms with van der Waals surface area (Å²) in [5.74, 6) is 0.351. The number of ether oxygens (including phenoxy) is 2. The quantitative estimate of drug-likeness (QED) is 0.566. The molecule has 2 amide bonds. The molecular formula is C23H24ClN3O4. The zero-order chi connectivity index (χ0) is 22.5. The van der Waals surface area contributed by atoms with Crippen molar-refractivity contribution in [3.8, 4) is 11.5 Å². The number of benzene rings is 2. The van der Waals surface area contributed by atoms with Gasteiger partial charge in [0.2, 0.25) is 0 Å². The molecule has 1 heterocycles. The Morgan fingerprint density at radius 3 is 2.26 bits per heavy atom. The number of hydrogen-bond acceptors (Lipinski definition) is 4. The molecule has 8 heteroatoms. The third-order valence-corrected chi connectivity index (χ3v) is 5.13. The first-order valence-electron chi connectivity index (χ1n) is 9.61. The molecule has 0 aliphatic rings. The van der Waals surface area contributed by atoms with E-state index >= 15 is 0 Å². The molecule has 0 radical (unpaired) electrons. The van der Waals surface area contributed by atoms with Crippen molar-refractivity contribution in [1.29, 1.82) is 0 Å². The Morgan fingerprint density at radius 2 is 1.65 bits per heavy atom. The van der Waals surface area contributed by atoms with E-state index < -0.39 is 0 Å². The number of hydrogen-bond donors (Lipinski definition) is 2. The molecule has 0 bridgehead atoms. The fourth-order valence-corrected chi connectivity index (χ4v) is 3.13. The van der Waals surface area contributed by atoms with Crippen molar-refractivity contribution in [3.05, 3.63) is 76.1 Å². The van der Waals surface area contributed by atoms with E-state index in [2.05, 4.69) is 10.7 Å².